The fourth-order valence-corrected chi connectivity index (χ4v) is 4.09. The number of nitrogens with one attached hydrogen (secondary N) is 1. The Labute approximate surface area is 192 Å². The number of hydrogen-bond acceptors (Lipinski definition) is 4. The highest BCUT2D eigenvalue weighted by Gasteiger charge is 2.53. The third-order valence-electron chi connectivity index (χ3n) is 5.56. The quantitative estimate of drug-likeness (QED) is 0.513. The molecule has 0 aliphatic carbocycles. The number of benzene rings is 2. The van der Waals surface area contributed by atoms with Gasteiger partial charge in [0.2, 0.25) is 5.91 Å². The normalized spacial score (nSPS) is 18.6. The summed E-state index contributed by atoms with van der Waals surface area (Å²) in [5.74, 6) is -1.67. The molecule has 1 aliphatic heterocycles. The molecule has 1 aromatic heterocycles. The van der Waals surface area contributed by atoms with Gasteiger partial charge in [0.25, 0.3) is 5.91 Å². The third-order valence-corrected chi connectivity index (χ3v) is 6.09. The smallest absolute Gasteiger partial charge is 0.276 e. The number of halogens is 2. The van der Waals surface area contributed by atoms with Crippen molar-refractivity contribution < 1.29 is 18.8 Å². The molecule has 1 N–H and O–H groups in total. The molecule has 0 saturated carbocycles. The lowest BCUT2D eigenvalue weighted by molar-refractivity contribution is -0.143. The number of anilines is 1. The zero-order chi connectivity index (χ0) is 22.7. The van der Waals surface area contributed by atoms with Gasteiger partial charge in [0.1, 0.15) is 11.2 Å². The van der Waals surface area contributed by atoms with Crippen molar-refractivity contribution in [3.63, 3.8) is 0 Å². The minimum atomic E-state index is -1.54. The molecule has 6 nitrogen and oxygen atoms in total. The van der Waals surface area contributed by atoms with Crippen molar-refractivity contribution in [3.8, 4) is 0 Å². The van der Waals surface area contributed by atoms with E-state index in [-0.39, 0.29) is 12.8 Å². The Hall–Kier alpha value is -3.39. The number of imide groups is 2. The predicted molar refractivity (Wildman–Crippen MR) is 120 cm³/mol. The van der Waals surface area contributed by atoms with Crippen LogP contribution in [0.3, 0.4) is 0 Å². The van der Waals surface area contributed by atoms with Gasteiger partial charge < -0.3 is 0 Å². The summed E-state index contributed by atoms with van der Waals surface area (Å²) in [6.07, 6.45) is 3.90. The van der Waals surface area contributed by atoms with Crippen LogP contribution in [0.4, 0.5) is 14.9 Å². The Morgan fingerprint density at radius 3 is 2.22 bits per heavy atom. The lowest BCUT2D eigenvalue weighted by Gasteiger charge is -2.39. The SMILES string of the molecule is O=C1NC(=O)[C@](CCc2ccncc2)(Cc2ccc(F)cc2)C(=O)N1c1ccc(Br)cc1. The van der Waals surface area contributed by atoms with E-state index in [9.17, 15) is 18.8 Å². The minimum absolute atomic E-state index is 0.0311. The van der Waals surface area contributed by atoms with Gasteiger partial charge in [-0.2, -0.15) is 0 Å². The van der Waals surface area contributed by atoms with Crippen molar-refractivity contribution in [2.75, 3.05) is 4.90 Å². The predicted octanol–water partition coefficient (Wildman–Crippen LogP) is 4.43. The largest absolute Gasteiger partial charge is 0.335 e. The third kappa shape index (κ3) is 4.31. The number of nitrogens with zero attached hydrogens (tertiary/aromatic N) is 2. The van der Waals surface area contributed by atoms with Crippen LogP contribution in [-0.2, 0) is 22.4 Å². The van der Waals surface area contributed by atoms with Gasteiger partial charge in [-0.1, -0.05) is 28.1 Å². The number of pyridine rings is 1. The molecule has 2 aromatic carbocycles. The van der Waals surface area contributed by atoms with Gasteiger partial charge in [-0.15, -0.1) is 0 Å². The Balaban J connectivity index is 1.75. The molecule has 0 unspecified atom stereocenters. The van der Waals surface area contributed by atoms with Crippen molar-refractivity contribution >= 4 is 39.5 Å². The van der Waals surface area contributed by atoms with E-state index in [0.717, 1.165) is 14.9 Å². The van der Waals surface area contributed by atoms with Crippen LogP contribution >= 0.6 is 15.9 Å². The van der Waals surface area contributed by atoms with Gasteiger partial charge in [0, 0.05) is 16.9 Å². The van der Waals surface area contributed by atoms with E-state index in [1.807, 2.05) is 12.1 Å². The first-order valence-corrected chi connectivity index (χ1v) is 10.8. The van der Waals surface area contributed by atoms with Crippen molar-refractivity contribution in [2.45, 2.75) is 19.3 Å². The summed E-state index contributed by atoms with van der Waals surface area (Å²) in [4.78, 5) is 44.6. The fourth-order valence-electron chi connectivity index (χ4n) is 3.82. The summed E-state index contributed by atoms with van der Waals surface area (Å²) in [6, 6.07) is 15.2. The maximum absolute atomic E-state index is 13.8. The molecule has 1 atom stereocenters. The van der Waals surface area contributed by atoms with Gasteiger partial charge in [-0.05, 0) is 78.9 Å². The van der Waals surface area contributed by atoms with Gasteiger partial charge in [-0.3, -0.25) is 19.9 Å². The molecule has 1 saturated heterocycles. The van der Waals surface area contributed by atoms with Gasteiger partial charge in [0.05, 0.1) is 5.69 Å². The molecule has 8 heteroatoms. The van der Waals surface area contributed by atoms with Gasteiger partial charge >= 0.3 is 6.03 Å². The number of carbonyl (C=O) groups excluding carboxylic acids is 3. The van der Waals surface area contributed by atoms with Crippen LogP contribution in [0.15, 0.2) is 77.5 Å². The molecule has 4 rings (SSSR count). The monoisotopic (exact) mass is 495 g/mol. The molecule has 0 radical (unpaired) electrons. The Morgan fingerprint density at radius 1 is 0.906 bits per heavy atom. The molecule has 3 aromatic rings. The summed E-state index contributed by atoms with van der Waals surface area (Å²) >= 11 is 3.34. The van der Waals surface area contributed by atoms with Gasteiger partial charge in [-0.25, -0.2) is 14.1 Å². The van der Waals surface area contributed by atoms with Crippen LogP contribution in [0.5, 0.6) is 0 Å². The van der Waals surface area contributed by atoms with Gasteiger partial charge in [0.15, 0.2) is 0 Å². The minimum Gasteiger partial charge on any atom is -0.276 e. The van der Waals surface area contributed by atoms with Crippen LogP contribution < -0.4 is 10.2 Å². The highest BCUT2D eigenvalue weighted by atomic mass is 79.9. The van der Waals surface area contributed by atoms with E-state index in [4.69, 9.17) is 0 Å². The van der Waals surface area contributed by atoms with Crippen molar-refractivity contribution in [3.05, 3.63) is 94.5 Å². The molecule has 162 valence electrons. The fraction of sp³-hybridized carbons (Fsp3) is 0.167. The van der Waals surface area contributed by atoms with Crippen molar-refractivity contribution in [1.29, 1.82) is 0 Å². The Morgan fingerprint density at radius 2 is 1.56 bits per heavy atom. The standard InChI is InChI=1S/C24H19BrFN3O3/c25-18-3-7-20(8-4-18)29-22(31)24(21(30)28-23(29)32,12-9-16-10-13-27-14-11-16)15-17-1-5-19(26)6-2-17/h1-8,10-11,13-14H,9,12,15H2,(H,28,30,32)/t24-/m0/s1. The number of hydrogen-bond donors (Lipinski definition) is 1. The summed E-state index contributed by atoms with van der Waals surface area (Å²) in [5.41, 5.74) is 0.346. The first-order chi connectivity index (χ1) is 15.4. The highest BCUT2D eigenvalue weighted by Crippen LogP contribution is 2.37. The van der Waals surface area contributed by atoms with Crippen molar-refractivity contribution in [2.24, 2.45) is 5.41 Å². The first kappa shape index (κ1) is 21.8. The molecular weight excluding hydrogens is 477 g/mol. The van der Waals surface area contributed by atoms with E-state index in [1.54, 1.807) is 48.8 Å². The maximum atomic E-state index is 13.8. The number of rotatable bonds is 6. The molecular formula is C24H19BrFN3O3. The zero-order valence-corrected chi connectivity index (χ0v) is 18.5. The average Bonchev–Trinajstić information content (AvgIpc) is 2.79. The average molecular weight is 496 g/mol. The molecule has 2 heterocycles. The van der Waals surface area contributed by atoms with E-state index in [1.165, 1.54) is 12.1 Å². The summed E-state index contributed by atoms with van der Waals surface area (Å²) < 4.78 is 14.2. The van der Waals surface area contributed by atoms with Crippen LogP contribution in [0, 0.1) is 11.2 Å². The van der Waals surface area contributed by atoms with Crippen LogP contribution in [0.2, 0.25) is 0 Å². The second kappa shape index (κ2) is 9.00. The summed E-state index contributed by atoms with van der Waals surface area (Å²) in [6.45, 7) is 0. The highest BCUT2D eigenvalue weighted by molar-refractivity contribution is 9.10. The summed E-state index contributed by atoms with van der Waals surface area (Å²) in [7, 11) is 0. The molecule has 4 amide bonds. The van der Waals surface area contributed by atoms with Crippen LogP contribution in [0.25, 0.3) is 0 Å². The maximum Gasteiger partial charge on any atom is 0.335 e. The lowest BCUT2D eigenvalue weighted by Crippen LogP contribution is -2.65. The van der Waals surface area contributed by atoms with E-state index in [2.05, 4.69) is 26.2 Å². The number of barbiturate groups is 1. The number of amides is 4. The number of aromatic nitrogens is 1. The molecule has 0 spiro atoms. The molecule has 32 heavy (non-hydrogen) atoms. The number of aryl methyl sites for hydroxylation is 1. The first-order valence-electron chi connectivity index (χ1n) is 9.98. The Bertz CT molecular complexity index is 1150. The van der Waals surface area contributed by atoms with E-state index < -0.39 is 29.1 Å². The van der Waals surface area contributed by atoms with Crippen molar-refractivity contribution in [1.82, 2.24) is 10.3 Å². The summed E-state index contributed by atoms with van der Waals surface area (Å²) in [5, 5.41) is 2.36. The topological polar surface area (TPSA) is 79.4 Å². The number of carbonyl (C=O) groups is 3. The second-order valence-electron chi connectivity index (χ2n) is 7.62. The van der Waals surface area contributed by atoms with E-state index in [0.29, 0.717) is 17.7 Å². The molecule has 0 bridgehead atoms. The van der Waals surface area contributed by atoms with Crippen LogP contribution in [-0.4, -0.2) is 22.8 Å². The second-order valence-corrected chi connectivity index (χ2v) is 8.53. The molecule has 1 fully saturated rings. The zero-order valence-electron chi connectivity index (χ0n) is 16.9. The van der Waals surface area contributed by atoms with E-state index >= 15 is 0 Å². The lowest BCUT2D eigenvalue weighted by atomic mass is 9.73. The van der Waals surface area contributed by atoms with Crippen LogP contribution in [0.1, 0.15) is 17.5 Å². The molecule has 1 aliphatic rings. The number of urea groups is 1. The Kier molecular flexibility index (Phi) is 6.14.